The predicted octanol–water partition coefficient (Wildman–Crippen LogP) is 10.8. The third-order valence-electron chi connectivity index (χ3n) is 7.37. The van der Waals surface area contributed by atoms with Crippen LogP contribution in [0.1, 0.15) is 110 Å². The molecule has 0 fully saturated rings. The van der Waals surface area contributed by atoms with Gasteiger partial charge in [0.1, 0.15) is 0 Å². The van der Waals surface area contributed by atoms with Gasteiger partial charge in [0.15, 0.2) is 8.32 Å². The minimum atomic E-state index is -1.53. The molecule has 0 bridgehead atoms. The maximum atomic E-state index is 6.80. The third kappa shape index (κ3) is 12.4. The van der Waals surface area contributed by atoms with Crippen molar-refractivity contribution in [1.82, 2.24) is 0 Å². The van der Waals surface area contributed by atoms with Gasteiger partial charge in [-0.15, -0.1) is 0 Å². The summed E-state index contributed by atoms with van der Waals surface area (Å²) in [5.74, 6) is 0. The molecule has 1 nitrogen and oxygen atoms in total. The van der Waals surface area contributed by atoms with Crippen molar-refractivity contribution < 1.29 is 4.43 Å². The van der Waals surface area contributed by atoms with Crippen molar-refractivity contribution in [2.75, 3.05) is 0 Å². The second kappa shape index (κ2) is 15.5. The fraction of sp³-hybridized carbons (Fsp3) is 0.742. The molecule has 0 saturated heterocycles. The zero-order valence-electron chi connectivity index (χ0n) is 24.5. The van der Waals surface area contributed by atoms with Gasteiger partial charge in [0.25, 0.3) is 0 Å². The lowest BCUT2D eigenvalue weighted by molar-refractivity contribution is 0.0828. The number of aryl methyl sites for hydroxylation is 1. The van der Waals surface area contributed by atoms with Crippen LogP contribution < -0.4 is 0 Å². The summed E-state index contributed by atoms with van der Waals surface area (Å²) >= 11 is 0. The van der Waals surface area contributed by atoms with Crippen LogP contribution in [0.15, 0.2) is 30.0 Å². The molecule has 0 saturated carbocycles. The minimum absolute atomic E-state index is 0.0302. The van der Waals surface area contributed by atoms with Gasteiger partial charge in [-0.1, -0.05) is 109 Å². The van der Waals surface area contributed by atoms with Crippen molar-refractivity contribution in [3.05, 3.63) is 41.1 Å². The van der Waals surface area contributed by atoms with Crippen molar-refractivity contribution in [2.45, 2.75) is 149 Å². The summed E-state index contributed by atoms with van der Waals surface area (Å²) in [4.78, 5) is 0. The second-order valence-corrected chi connectivity index (χ2v) is 21.9. The Hall–Kier alpha value is -0.646. The van der Waals surface area contributed by atoms with Crippen molar-refractivity contribution in [3.8, 4) is 0 Å². The van der Waals surface area contributed by atoms with Crippen LogP contribution in [0.4, 0.5) is 0 Å². The molecule has 3 heteroatoms. The van der Waals surface area contributed by atoms with Crippen LogP contribution in [-0.2, 0) is 10.8 Å². The van der Waals surface area contributed by atoms with Crippen molar-refractivity contribution in [3.63, 3.8) is 0 Å². The maximum absolute atomic E-state index is 6.80. The number of allylic oxidation sites excluding steroid dienone is 1. The van der Waals surface area contributed by atoms with E-state index >= 15 is 0 Å². The van der Waals surface area contributed by atoms with Crippen molar-refractivity contribution >= 4 is 22.0 Å². The van der Waals surface area contributed by atoms with Gasteiger partial charge in [0.2, 0.25) is 0 Å². The molecule has 0 heterocycles. The minimum Gasteiger partial charge on any atom is -0.412 e. The summed E-state index contributed by atoms with van der Waals surface area (Å²) in [6.07, 6.45) is 12.8. The first-order valence-electron chi connectivity index (χ1n) is 14.5. The molecule has 1 aromatic rings. The molecule has 1 rings (SSSR count). The van der Waals surface area contributed by atoms with Gasteiger partial charge < -0.3 is 4.43 Å². The highest BCUT2D eigenvalue weighted by Crippen LogP contribution is 2.31. The molecule has 0 N–H and O–H groups in total. The fourth-order valence-corrected chi connectivity index (χ4v) is 9.72. The predicted molar refractivity (Wildman–Crippen MR) is 161 cm³/mol. The quantitative estimate of drug-likeness (QED) is 0.143. The largest absolute Gasteiger partial charge is 0.412 e. The Kier molecular flexibility index (Phi) is 14.3. The number of rotatable bonds is 18. The van der Waals surface area contributed by atoms with Crippen LogP contribution in [0.5, 0.6) is 0 Å². The standard InChI is InChI=1S/C31H58OSi2/c1-10-14-15-18-23-30(27-33(7,8)9)29-24-20-22-28(26-29)21-17-16-19-25-31(5,6)32-34(11-2,12-3)13-4/h20,22,24,26-27H,10-19,21,23,25H2,1-9H3/b30-27+. The van der Waals surface area contributed by atoms with Crippen LogP contribution in [0.3, 0.4) is 0 Å². The molecule has 196 valence electrons. The lowest BCUT2D eigenvalue weighted by Crippen LogP contribution is -2.44. The zero-order chi connectivity index (χ0) is 25.7. The maximum Gasteiger partial charge on any atom is 0.192 e. The van der Waals surface area contributed by atoms with Gasteiger partial charge in [0, 0.05) is 0 Å². The van der Waals surface area contributed by atoms with Crippen LogP contribution in [0.25, 0.3) is 5.57 Å². The van der Waals surface area contributed by atoms with E-state index in [0.29, 0.717) is 0 Å². The molecule has 34 heavy (non-hydrogen) atoms. The molecule has 0 aromatic heterocycles. The van der Waals surface area contributed by atoms with E-state index in [2.05, 4.69) is 91.1 Å². The van der Waals surface area contributed by atoms with Crippen LogP contribution in [0, 0.1) is 0 Å². The van der Waals surface area contributed by atoms with Gasteiger partial charge in [-0.25, -0.2) is 0 Å². The number of benzene rings is 1. The number of hydrogen-bond donors (Lipinski definition) is 0. The van der Waals surface area contributed by atoms with E-state index in [4.69, 9.17) is 4.43 Å². The molecule has 0 atom stereocenters. The lowest BCUT2D eigenvalue weighted by Gasteiger charge is -2.38. The van der Waals surface area contributed by atoms with E-state index in [1.165, 1.54) is 93.5 Å². The third-order valence-corrected chi connectivity index (χ3v) is 13.4. The summed E-state index contributed by atoms with van der Waals surface area (Å²) in [7, 11) is -2.77. The topological polar surface area (TPSA) is 9.23 Å². The van der Waals surface area contributed by atoms with E-state index in [9.17, 15) is 0 Å². The van der Waals surface area contributed by atoms with Gasteiger partial charge in [-0.05, 0) is 80.8 Å². The summed E-state index contributed by atoms with van der Waals surface area (Å²) < 4.78 is 6.80. The van der Waals surface area contributed by atoms with Gasteiger partial charge >= 0.3 is 0 Å². The number of hydrogen-bond acceptors (Lipinski definition) is 1. The molecule has 0 spiro atoms. The second-order valence-electron chi connectivity index (χ2n) is 12.2. The molecule has 1 aromatic carbocycles. The summed E-state index contributed by atoms with van der Waals surface area (Å²) in [5.41, 5.74) is 7.27. The fourth-order valence-electron chi connectivity index (χ4n) is 5.15. The summed E-state index contributed by atoms with van der Waals surface area (Å²) in [6.45, 7) is 21.3. The molecule has 0 amide bonds. The highest BCUT2D eigenvalue weighted by Gasteiger charge is 2.35. The SMILES string of the molecule is CCCCCC/C(=C\[Si](C)(C)C)c1cccc(CCCCCC(C)(C)O[Si](CC)(CC)CC)c1. The van der Waals surface area contributed by atoms with E-state index in [1.807, 2.05) is 0 Å². The average Bonchev–Trinajstić information content (AvgIpc) is 2.79. The lowest BCUT2D eigenvalue weighted by atomic mass is 9.96. The van der Waals surface area contributed by atoms with Crippen molar-refractivity contribution in [1.29, 1.82) is 0 Å². The smallest absolute Gasteiger partial charge is 0.192 e. The Morgan fingerprint density at radius 2 is 1.50 bits per heavy atom. The van der Waals surface area contributed by atoms with Crippen LogP contribution >= 0.6 is 0 Å². The van der Waals surface area contributed by atoms with Gasteiger partial charge in [-0.3, -0.25) is 0 Å². The highest BCUT2D eigenvalue weighted by molar-refractivity contribution is 6.81. The van der Waals surface area contributed by atoms with E-state index in [-0.39, 0.29) is 5.60 Å². The molecule has 0 aliphatic carbocycles. The summed E-state index contributed by atoms with van der Waals surface area (Å²) in [6, 6.07) is 13.2. The Morgan fingerprint density at radius 3 is 2.09 bits per heavy atom. The molecule has 0 aliphatic rings. The molecule has 0 unspecified atom stereocenters. The first-order valence-corrected chi connectivity index (χ1v) is 20.6. The van der Waals surface area contributed by atoms with Crippen LogP contribution in [0.2, 0.25) is 37.8 Å². The number of unbranched alkanes of at least 4 members (excludes halogenated alkanes) is 5. The summed E-state index contributed by atoms with van der Waals surface area (Å²) in [5, 5.41) is 0. The molecular weight excluding hydrogens is 445 g/mol. The van der Waals surface area contributed by atoms with Crippen LogP contribution in [-0.4, -0.2) is 22.0 Å². The van der Waals surface area contributed by atoms with Gasteiger partial charge in [-0.2, -0.15) is 0 Å². The Bertz CT molecular complexity index is 702. The molecule has 0 aliphatic heterocycles. The van der Waals surface area contributed by atoms with Gasteiger partial charge in [0.05, 0.1) is 13.7 Å². The monoisotopic (exact) mass is 502 g/mol. The molecule has 0 radical (unpaired) electrons. The Balaban J connectivity index is 2.64. The Labute approximate surface area is 216 Å². The molecular formula is C31H58OSi2. The van der Waals surface area contributed by atoms with Crippen molar-refractivity contribution in [2.24, 2.45) is 0 Å². The zero-order valence-corrected chi connectivity index (χ0v) is 26.5. The normalized spacial score (nSPS) is 13.5. The highest BCUT2D eigenvalue weighted by atomic mass is 28.4. The average molecular weight is 503 g/mol. The van der Waals surface area contributed by atoms with E-state index in [0.717, 1.165) is 0 Å². The first kappa shape index (κ1) is 31.4. The van der Waals surface area contributed by atoms with E-state index in [1.54, 1.807) is 5.57 Å². The van der Waals surface area contributed by atoms with E-state index < -0.39 is 16.4 Å². The Morgan fingerprint density at radius 1 is 0.853 bits per heavy atom. The first-order chi connectivity index (χ1) is 16.0.